The summed E-state index contributed by atoms with van der Waals surface area (Å²) in [7, 11) is 0. The van der Waals surface area contributed by atoms with Gasteiger partial charge in [0, 0.05) is 11.5 Å². The minimum atomic E-state index is -0.897. The average molecular weight is 281 g/mol. The molecule has 1 aliphatic heterocycles. The van der Waals surface area contributed by atoms with E-state index in [-0.39, 0.29) is 5.78 Å². The van der Waals surface area contributed by atoms with E-state index in [2.05, 4.69) is 0 Å². The van der Waals surface area contributed by atoms with Crippen molar-refractivity contribution in [3.63, 3.8) is 0 Å². The molecule has 1 N–H and O–H groups in total. The fourth-order valence-corrected chi connectivity index (χ4v) is 2.84. The molecule has 0 bridgehead atoms. The summed E-state index contributed by atoms with van der Waals surface area (Å²) in [4.78, 5) is 23.0. The van der Waals surface area contributed by atoms with Gasteiger partial charge in [0.25, 0.3) is 0 Å². The molecule has 1 aromatic rings. The first kappa shape index (κ1) is 12.5. The standard InChI is InChI=1S/C14H13ClO4/c15-11-5-8(4-7-2-1-3-19-13(7)11)12(16)9-6-10(9)14(17)18/h4-5,9-10H,1-3,6H2,(H,17,18)/t9-,10-/m0/s1. The number of aryl methyl sites for hydroxylation is 1. The molecule has 3 rings (SSSR count). The van der Waals surface area contributed by atoms with Crippen LogP contribution in [-0.4, -0.2) is 23.5 Å². The fourth-order valence-electron chi connectivity index (χ4n) is 2.55. The van der Waals surface area contributed by atoms with Gasteiger partial charge in [-0.2, -0.15) is 0 Å². The molecule has 0 spiro atoms. The Morgan fingerprint density at radius 3 is 2.79 bits per heavy atom. The summed E-state index contributed by atoms with van der Waals surface area (Å²) in [6.07, 6.45) is 2.17. The zero-order valence-electron chi connectivity index (χ0n) is 10.2. The highest BCUT2D eigenvalue weighted by molar-refractivity contribution is 6.32. The number of carboxylic acids is 1. The third-order valence-corrected chi connectivity index (χ3v) is 3.97. The second-order valence-electron chi connectivity index (χ2n) is 5.05. The quantitative estimate of drug-likeness (QED) is 0.864. The number of hydrogen-bond donors (Lipinski definition) is 1. The van der Waals surface area contributed by atoms with E-state index in [0.29, 0.717) is 29.4 Å². The van der Waals surface area contributed by atoms with Crippen molar-refractivity contribution < 1.29 is 19.4 Å². The van der Waals surface area contributed by atoms with E-state index in [1.165, 1.54) is 0 Å². The summed E-state index contributed by atoms with van der Waals surface area (Å²) in [5.74, 6) is -1.28. The van der Waals surface area contributed by atoms with Crippen LogP contribution in [0.15, 0.2) is 12.1 Å². The molecule has 2 aliphatic rings. The van der Waals surface area contributed by atoms with Gasteiger partial charge in [-0.3, -0.25) is 9.59 Å². The van der Waals surface area contributed by atoms with Crippen molar-refractivity contribution in [3.8, 4) is 5.75 Å². The zero-order chi connectivity index (χ0) is 13.6. The molecule has 19 heavy (non-hydrogen) atoms. The van der Waals surface area contributed by atoms with Crippen molar-refractivity contribution in [3.05, 3.63) is 28.3 Å². The highest BCUT2D eigenvalue weighted by Crippen LogP contribution is 2.42. The number of ketones is 1. The monoisotopic (exact) mass is 280 g/mol. The van der Waals surface area contributed by atoms with Crippen molar-refractivity contribution in [2.45, 2.75) is 19.3 Å². The van der Waals surface area contributed by atoms with E-state index in [1.54, 1.807) is 12.1 Å². The van der Waals surface area contributed by atoms with Gasteiger partial charge in [-0.25, -0.2) is 0 Å². The fraction of sp³-hybridized carbons (Fsp3) is 0.429. The number of benzene rings is 1. The predicted molar refractivity (Wildman–Crippen MR) is 68.8 cm³/mol. The molecule has 1 heterocycles. The number of hydrogen-bond acceptors (Lipinski definition) is 3. The molecule has 0 saturated heterocycles. The second-order valence-corrected chi connectivity index (χ2v) is 5.46. The Kier molecular flexibility index (Phi) is 2.97. The van der Waals surface area contributed by atoms with E-state index in [4.69, 9.17) is 21.4 Å². The molecule has 100 valence electrons. The normalized spacial score (nSPS) is 24.3. The van der Waals surface area contributed by atoms with Crippen molar-refractivity contribution in [1.82, 2.24) is 0 Å². The van der Waals surface area contributed by atoms with Gasteiger partial charge in [-0.1, -0.05) is 11.6 Å². The Morgan fingerprint density at radius 1 is 1.32 bits per heavy atom. The SMILES string of the molecule is O=C(O)[C@H]1C[C@@H]1C(=O)c1cc(Cl)c2c(c1)CCCO2. The van der Waals surface area contributed by atoms with Crippen LogP contribution >= 0.6 is 11.6 Å². The number of aliphatic carboxylic acids is 1. The molecule has 4 nitrogen and oxygen atoms in total. The van der Waals surface area contributed by atoms with Crippen LogP contribution in [0.5, 0.6) is 5.75 Å². The zero-order valence-corrected chi connectivity index (χ0v) is 10.9. The maximum Gasteiger partial charge on any atom is 0.307 e. The van der Waals surface area contributed by atoms with E-state index in [9.17, 15) is 9.59 Å². The number of Topliss-reactive ketones (excluding diaryl/α,β-unsaturated/α-hetero) is 1. The molecule has 0 radical (unpaired) electrons. The van der Waals surface area contributed by atoms with E-state index < -0.39 is 17.8 Å². The van der Waals surface area contributed by atoms with Crippen LogP contribution in [0.4, 0.5) is 0 Å². The van der Waals surface area contributed by atoms with Gasteiger partial charge in [0.05, 0.1) is 17.5 Å². The van der Waals surface area contributed by atoms with Gasteiger partial charge >= 0.3 is 5.97 Å². The minimum absolute atomic E-state index is 0.123. The number of rotatable bonds is 3. The Balaban J connectivity index is 1.88. The Labute approximate surface area is 115 Å². The van der Waals surface area contributed by atoms with Gasteiger partial charge in [0.2, 0.25) is 0 Å². The molecule has 0 amide bonds. The second kappa shape index (κ2) is 4.53. The minimum Gasteiger partial charge on any atom is -0.492 e. The molecule has 1 fully saturated rings. The van der Waals surface area contributed by atoms with Crippen LogP contribution in [0.25, 0.3) is 0 Å². The third kappa shape index (κ3) is 2.21. The molecular weight excluding hydrogens is 268 g/mol. The van der Waals surface area contributed by atoms with E-state index in [0.717, 1.165) is 18.4 Å². The van der Waals surface area contributed by atoms with Crippen molar-refractivity contribution in [2.24, 2.45) is 11.8 Å². The highest BCUT2D eigenvalue weighted by atomic mass is 35.5. The smallest absolute Gasteiger partial charge is 0.307 e. The first-order valence-corrected chi connectivity index (χ1v) is 6.68. The van der Waals surface area contributed by atoms with Gasteiger partial charge < -0.3 is 9.84 Å². The maximum absolute atomic E-state index is 12.2. The summed E-state index contributed by atoms with van der Waals surface area (Å²) >= 11 is 6.12. The molecule has 1 aliphatic carbocycles. The van der Waals surface area contributed by atoms with E-state index in [1.807, 2.05) is 0 Å². The number of carboxylic acid groups (broad SMARTS) is 1. The van der Waals surface area contributed by atoms with Crippen LogP contribution in [0.3, 0.4) is 0 Å². The Morgan fingerprint density at radius 2 is 2.11 bits per heavy atom. The molecule has 1 saturated carbocycles. The van der Waals surface area contributed by atoms with Crippen LogP contribution in [0.2, 0.25) is 5.02 Å². The van der Waals surface area contributed by atoms with Gasteiger partial charge in [0.1, 0.15) is 5.75 Å². The predicted octanol–water partition coefficient (Wildman–Crippen LogP) is 2.57. The lowest BCUT2D eigenvalue weighted by Crippen LogP contribution is -2.12. The largest absolute Gasteiger partial charge is 0.492 e. The summed E-state index contributed by atoms with van der Waals surface area (Å²) < 4.78 is 5.49. The van der Waals surface area contributed by atoms with Crippen LogP contribution in [0.1, 0.15) is 28.8 Å². The molecule has 2 atom stereocenters. The number of halogens is 1. The van der Waals surface area contributed by atoms with Crippen LogP contribution in [-0.2, 0) is 11.2 Å². The third-order valence-electron chi connectivity index (χ3n) is 3.69. The summed E-state index contributed by atoms with van der Waals surface area (Å²) in [5, 5.41) is 9.31. The summed E-state index contributed by atoms with van der Waals surface area (Å²) in [6, 6.07) is 3.38. The van der Waals surface area contributed by atoms with Crippen molar-refractivity contribution in [1.29, 1.82) is 0 Å². The molecular formula is C14H13ClO4. The lowest BCUT2D eigenvalue weighted by Gasteiger charge is -2.19. The molecule has 0 aromatic heterocycles. The van der Waals surface area contributed by atoms with E-state index >= 15 is 0 Å². The van der Waals surface area contributed by atoms with Crippen LogP contribution in [0, 0.1) is 11.8 Å². The first-order chi connectivity index (χ1) is 9.08. The summed E-state index contributed by atoms with van der Waals surface area (Å²) in [6.45, 7) is 0.643. The van der Waals surface area contributed by atoms with Crippen molar-refractivity contribution in [2.75, 3.05) is 6.61 Å². The lowest BCUT2D eigenvalue weighted by molar-refractivity contribution is -0.138. The molecule has 0 unspecified atom stereocenters. The van der Waals surface area contributed by atoms with Gasteiger partial charge in [-0.15, -0.1) is 0 Å². The van der Waals surface area contributed by atoms with Gasteiger partial charge in [0.15, 0.2) is 5.78 Å². The number of fused-ring (bicyclic) bond motifs is 1. The van der Waals surface area contributed by atoms with Gasteiger partial charge in [-0.05, 0) is 37.0 Å². The summed E-state index contributed by atoms with van der Waals surface area (Å²) in [5.41, 5.74) is 1.44. The lowest BCUT2D eigenvalue weighted by atomic mass is 9.99. The number of ether oxygens (including phenoxy) is 1. The molecule has 1 aromatic carbocycles. The Hall–Kier alpha value is -1.55. The topological polar surface area (TPSA) is 63.6 Å². The number of carbonyl (C=O) groups is 2. The average Bonchev–Trinajstić information content (AvgIpc) is 3.18. The Bertz CT molecular complexity index is 567. The maximum atomic E-state index is 12.2. The highest BCUT2D eigenvalue weighted by Gasteiger charge is 2.48. The van der Waals surface area contributed by atoms with Crippen molar-refractivity contribution >= 4 is 23.4 Å². The van der Waals surface area contributed by atoms with Crippen LogP contribution < -0.4 is 4.74 Å². The first-order valence-electron chi connectivity index (χ1n) is 6.30. The molecule has 5 heteroatoms. The number of carbonyl (C=O) groups excluding carboxylic acids is 1.